The number of carbonyl (C=O) groups is 1. The van der Waals surface area contributed by atoms with Crippen LogP contribution in [0.25, 0.3) is 43.6 Å². The third-order valence-electron chi connectivity index (χ3n) is 6.38. The van der Waals surface area contributed by atoms with Crippen LogP contribution >= 0.6 is 15.2 Å². The molecule has 0 saturated heterocycles. The van der Waals surface area contributed by atoms with Crippen molar-refractivity contribution in [1.82, 2.24) is 19.9 Å². The van der Waals surface area contributed by atoms with E-state index in [1.165, 1.54) is 41.5 Å². The molecule has 12 nitrogen and oxygen atoms in total. The first-order chi connectivity index (χ1) is 22.1. The van der Waals surface area contributed by atoms with Crippen LogP contribution < -0.4 is 9.79 Å². The summed E-state index contributed by atoms with van der Waals surface area (Å²) in [7, 11) is -8.20. The van der Waals surface area contributed by atoms with E-state index in [0.29, 0.717) is 0 Å². The second-order valence-corrected chi connectivity index (χ2v) is 17.1. The van der Waals surface area contributed by atoms with E-state index in [-0.39, 0.29) is 17.1 Å². The predicted octanol–water partition coefficient (Wildman–Crippen LogP) is 6.32. The Balaban J connectivity index is 0.000000324. The van der Waals surface area contributed by atoms with Crippen molar-refractivity contribution in [3.63, 3.8) is 0 Å². The van der Waals surface area contributed by atoms with Gasteiger partial charge in [0.25, 0.3) is 5.97 Å². The molecule has 0 aliphatic carbocycles. The van der Waals surface area contributed by atoms with Gasteiger partial charge in [-0.15, -0.1) is 0 Å². The molecule has 2 unspecified atom stereocenters. The average Bonchev–Trinajstić information content (AvgIpc) is 3.00. The van der Waals surface area contributed by atoms with Gasteiger partial charge in [0.1, 0.15) is 15.2 Å². The summed E-state index contributed by atoms with van der Waals surface area (Å²) in [6, 6.07) is 24.3. The van der Waals surface area contributed by atoms with Crippen molar-refractivity contribution >= 4 is 64.8 Å². The number of aromatic nitrogens is 4. The first-order valence-electron chi connectivity index (χ1n) is 14.6. The fourth-order valence-corrected chi connectivity index (χ4v) is 3.36. The molecule has 1 radical (unpaired) electrons. The summed E-state index contributed by atoms with van der Waals surface area (Å²) in [6.45, 7) is 9.75. The zero-order chi connectivity index (χ0) is 36.3. The molecule has 6 aromatic rings. The van der Waals surface area contributed by atoms with Crippen molar-refractivity contribution in [3.05, 3.63) is 97.6 Å². The molecule has 15 heteroatoms. The maximum absolute atomic E-state index is 10.2. The predicted molar refractivity (Wildman–Crippen MR) is 187 cm³/mol. The van der Waals surface area contributed by atoms with Gasteiger partial charge in [0.2, 0.25) is 0 Å². The van der Waals surface area contributed by atoms with Crippen LogP contribution in [0, 0.1) is 0 Å². The number of nitrogens with zero attached hydrogens (tertiary/aromatic N) is 4. The average molecular weight is 750 g/mol. The molecule has 49 heavy (non-hydrogen) atoms. The molecule has 0 saturated carbocycles. The second-order valence-electron chi connectivity index (χ2n) is 12.3. The Morgan fingerprint density at radius 3 is 0.857 bits per heavy atom. The van der Waals surface area contributed by atoms with Gasteiger partial charge in [-0.2, -0.15) is 0 Å². The number of rotatable bonds is 0. The van der Waals surface area contributed by atoms with Crippen molar-refractivity contribution in [2.24, 2.45) is 0 Å². The Kier molecular flexibility index (Phi) is 16.3. The summed E-state index contributed by atoms with van der Waals surface area (Å²) in [5, 5.41) is 9.95. The Morgan fingerprint density at radius 2 is 0.714 bits per heavy atom. The molecular formula is C34H40MnN4O8P2. The first-order valence-corrected chi connectivity index (χ1v) is 17.7. The maximum atomic E-state index is 10.2. The fourth-order valence-electron chi connectivity index (χ4n) is 3.36. The van der Waals surface area contributed by atoms with E-state index < -0.39 is 31.5 Å². The molecule has 6 rings (SSSR count). The van der Waals surface area contributed by atoms with Crippen molar-refractivity contribution < 1.29 is 55.7 Å². The molecule has 2 atom stereocenters. The molecule has 0 amide bonds. The molecule has 4 aromatic heterocycles. The number of benzene rings is 2. The molecule has 0 fully saturated rings. The number of carboxylic acids is 1. The molecule has 0 spiro atoms. The second kappa shape index (κ2) is 18.4. The van der Waals surface area contributed by atoms with E-state index in [1.54, 1.807) is 24.8 Å². The number of hydrogen-bond acceptors (Lipinski definition) is 9. The Hall–Kier alpha value is -3.63. The molecule has 261 valence electrons. The molecule has 0 aliphatic rings. The van der Waals surface area contributed by atoms with E-state index in [0.717, 1.165) is 50.5 Å². The zero-order valence-corrected chi connectivity index (χ0v) is 31.2. The Morgan fingerprint density at radius 1 is 0.551 bits per heavy atom. The smallest absolute Gasteiger partial charge is 0.778 e. The van der Waals surface area contributed by atoms with Gasteiger partial charge in [-0.05, 0) is 24.3 Å². The fraction of sp³-hybridized carbons (Fsp3) is 0.265. The van der Waals surface area contributed by atoms with Crippen molar-refractivity contribution in [3.8, 4) is 0 Å². The Bertz CT molecular complexity index is 1820. The minimum absolute atomic E-state index is 0. The number of pyridine rings is 4. The van der Waals surface area contributed by atoms with Crippen LogP contribution in [0.15, 0.2) is 97.6 Å². The summed E-state index contributed by atoms with van der Waals surface area (Å²) in [5.41, 5.74) is 3.91. The van der Waals surface area contributed by atoms with Crippen molar-refractivity contribution in [2.45, 2.75) is 58.8 Å². The largest absolute Gasteiger partial charge is 2.00 e. The van der Waals surface area contributed by atoms with Crippen LogP contribution in [0.3, 0.4) is 0 Å². The number of carboxylic acid groups (broad SMARTS) is 1. The standard InChI is InChI=1S/2C12H8N2.2C4H11O3P.C2H4O2.Mn/c2*1-3-9-5-6-10-4-2-8-14-12(10)11(9)13-7-1;2*1-4(2,3)8(5,6)7;1-2(3)4;/h2*1-8H;2*1-3H3,(H2,5,6,7);1H3,(H,3,4);/q;;;;;+2/p-2. The summed E-state index contributed by atoms with van der Waals surface area (Å²) in [5.74, 6) is -0.833. The topological polar surface area (TPSA) is 210 Å². The molecule has 0 bridgehead atoms. The van der Waals surface area contributed by atoms with Gasteiger partial charge in [-0.25, -0.2) is 0 Å². The van der Waals surface area contributed by atoms with Crippen LogP contribution in [0.2, 0.25) is 0 Å². The van der Waals surface area contributed by atoms with E-state index in [2.05, 4.69) is 68.5 Å². The van der Waals surface area contributed by atoms with Crippen molar-refractivity contribution in [2.75, 3.05) is 0 Å². The van der Waals surface area contributed by atoms with Crippen molar-refractivity contribution in [1.29, 1.82) is 0 Å². The monoisotopic (exact) mass is 749 g/mol. The van der Waals surface area contributed by atoms with Gasteiger partial charge in [0, 0.05) is 63.6 Å². The number of aliphatic carboxylic acids is 1. The third kappa shape index (κ3) is 13.7. The van der Waals surface area contributed by atoms with Gasteiger partial charge in [0.05, 0.1) is 22.1 Å². The SMILES string of the molecule is CC(=O)O.CC(C)(C)P(=O)([O-])O.CC(C)(C)P(=O)([O-])O.[Mn+2].c1cnc2c(c1)ccc1cccnc12.c1cnc2c(c1)ccc1cccnc12. The van der Waals surface area contributed by atoms with Crippen LogP contribution in [-0.4, -0.2) is 51.1 Å². The minimum Gasteiger partial charge on any atom is -0.778 e. The van der Waals surface area contributed by atoms with E-state index in [4.69, 9.17) is 19.7 Å². The summed E-state index contributed by atoms with van der Waals surface area (Å²) in [6.07, 6.45) is 7.21. The first kappa shape index (κ1) is 43.4. The van der Waals surface area contributed by atoms with E-state index in [1.807, 2.05) is 24.3 Å². The quantitative estimate of drug-likeness (QED) is 0.0886. The minimum atomic E-state index is -4.10. The zero-order valence-electron chi connectivity index (χ0n) is 28.2. The van der Waals surface area contributed by atoms with Gasteiger partial charge in [0.15, 0.2) is 0 Å². The van der Waals surface area contributed by atoms with Gasteiger partial charge < -0.3 is 33.8 Å². The Labute approximate surface area is 295 Å². The van der Waals surface area contributed by atoms with E-state index >= 15 is 0 Å². The van der Waals surface area contributed by atoms with Crippen LogP contribution in [-0.2, 0) is 31.0 Å². The molecule has 4 heterocycles. The van der Waals surface area contributed by atoms with Gasteiger partial charge >= 0.3 is 17.1 Å². The van der Waals surface area contributed by atoms with Crippen LogP contribution in [0.4, 0.5) is 0 Å². The maximum Gasteiger partial charge on any atom is 2.00 e. The van der Waals surface area contributed by atoms with Gasteiger partial charge in [-0.3, -0.25) is 24.7 Å². The van der Waals surface area contributed by atoms with Gasteiger partial charge in [-0.1, -0.05) is 90.1 Å². The molecular weight excluding hydrogens is 709 g/mol. The van der Waals surface area contributed by atoms with E-state index in [9.17, 15) is 18.9 Å². The van der Waals surface area contributed by atoms with Crippen LogP contribution in [0.1, 0.15) is 48.5 Å². The molecule has 0 aliphatic heterocycles. The summed E-state index contributed by atoms with van der Waals surface area (Å²) >= 11 is 0. The third-order valence-corrected chi connectivity index (χ3v) is 9.78. The number of fused-ring (bicyclic) bond motifs is 6. The normalized spacial score (nSPS) is 13.3. The summed E-state index contributed by atoms with van der Waals surface area (Å²) < 4.78 is 20.5. The molecule has 2 aromatic carbocycles. The molecule has 3 N–H and O–H groups in total. The number of hydrogen-bond donors (Lipinski definition) is 3. The summed E-state index contributed by atoms with van der Waals surface area (Å²) in [4.78, 5) is 63.6. The van der Waals surface area contributed by atoms with Crippen LogP contribution in [0.5, 0.6) is 0 Å².